The zero-order chi connectivity index (χ0) is 11.3. The summed E-state index contributed by atoms with van der Waals surface area (Å²) in [6, 6.07) is 0. The molecule has 0 amide bonds. The van der Waals surface area contributed by atoms with Crippen molar-refractivity contribution in [2.75, 3.05) is 11.9 Å². The molecule has 1 aromatic heterocycles. The van der Waals surface area contributed by atoms with Crippen molar-refractivity contribution in [3.8, 4) is 0 Å². The Morgan fingerprint density at radius 1 is 1.47 bits per heavy atom. The molecule has 0 aliphatic carbocycles. The van der Waals surface area contributed by atoms with Crippen LogP contribution in [0.15, 0.2) is 0 Å². The highest BCUT2D eigenvalue weighted by Crippen LogP contribution is 2.15. The summed E-state index contributed by atoms with van der Waals surface area (Å²) in [5, 5.41) is 14.0. The van der Waals surface area contributed by atoms with Crippen molar-refractivity contribution in [2.45, 2.75) is 33.6 Å². The van der Waals surface area contributed by atoms with E-state index in [1.54, 1.807) is 0 Å². The average molecular weight is 226 g/mol. The molecule has 5 heteroatoms. The van der Waals surface area contributed by atoms with Crippen LogP contribution in [0.3, 0.4) is 0 Å². The van der Waals surface area contributed by atoms with Crippen LogP contribution in [0.4, 0.5) is 5.69 Å². The lowest BCUT2D eigenvalue weighted by molar-refractivity contribution is 0.758. The Hall–Kier alpha value is -1.10. The molecule has 1 rings (SSSR count). The molecule has 0 bridgehead atoms. The van der Waals surface area contributed by atoms with Gasteiger partial charge < -0.3 is 10.6 Å². The third kappa shape index (κ3) is 3.51. The maximum Gasteiger partial charge on any atom is 0.170 e. The molecule has 84 valence electrons. The fourth-order valence-corrected chi connectivity index (χ4v) is 1.48. The van der Waals surface area contributed by atoms with Crippen LogP contribution in [0.2, 0.25) is 0 Å². The number of aromatic nitrogens is 2. The van der Waals surface area contributed by atoms with Gasteiger partial charge in [-0.15, -0.1) is 0 Å². The standard InChI is InChI=1S/C10H18N4S/c1-4-5-6-11-10(15)12-9-7(2)13-14-8(9)3/h4-6H2,1-3H3,(H,13,14)(H2,11,12,15). The summed E-state index contributed by atoms with van der Waals surface area (Å²) in [6.07, 6.45) is 2.30. The van der Waals surface area contributed by atoms with E-state index in [9.17, 15) is 0 Å². The monoisotopic (exact) mass is 226 g/mol. The van der Waals surface area contributed by atoms with Crippen molar-refractivity contribution in [1.29, 1.82) is 0 Å². The molecule has 4 nitrogen and oxygen atoms in total. The predicted molar refractivity (Wildman–Crippen MR) is 67.2 cm³/mol. The zero-order valence-corrected chi connectivity index (χ0v) is 10.3. The number of hydrogen-bond donors (Lipinski definition) is 3. The van der Waals surface area contributed by atoms with Crippen molar-refractivity contribution in [3.63, 3.8) is 0 Å². The smallest absolute Gasteiger partial charge is 0.170 e. The van der Waals surface area contributed by atoms with Gasteiger partial charge in [0.2, 0.25) is 0 Å². The summed E-state index contributed by atoms with van der Waals surface area (Å²) in [6.45, 7) is 6.98. The minimum Gasteiger partial charge on any atom is -0.362 e. The van der Waals surface area contributed by atoms with E-state index < -0.39 is 0 Å². The second-order valence-electron chi connectivity index (χ2n) is 3.54. The minimum absolute atomic E-state index is 0.663. The summed E-state index contributed by atoms with van der Waals surface area (Å²) in [5.41, 5.74) is 2.92. The zero-order valence-electron chi connectivity index (χ0n) is 9.48. The SMILES string of the molecule is CCCCNC(=S)Nc1c(C)n[nH]c1C. The van der Waals surface area contributed by atoms with E-state index in [1.165, 1.54) is 6.42 Å². The average Bonchev–Trinajstić information content (AvgIpc) is 2.50. The molecule has 15 heavy (non-hydrogen) atoms. The van der Waals surface area contributed by atoms with Gasteiger partial charge in [0.05, 0.1) is 17.1 Å². The van der Waals surface area contributed by atoms with Gasteiger partial charge in [-0.3, -0.25) is 5.10 Å². The van der Waals surface area contributed by atoms with Crippen molar-refractivity contribution in [2.24, 2.45) is 0 Å². The van der Waals surface area contributed by atoms with Gasteiger partial charge in [0, 0.05) is 6.54 Å². The van der Waals surface area contributed by atoms with Crippen LogP contribution < -0.4 is 10.6 Å². The van der Waals surface area contributed by atoms with Gasteiger partial charge >= 0.3 is 0 Å². The normalized spacial score (nSPS) is 10.1. The number of aromatic amines is 1. The second-order valence-corrected chi connectivity index (χ2v) is 3.95. The number of anilines is 1. The summed E-state index contributed by atoms with van der Waals surface area (Å²) in [5.74, 6) is 0. The van der Waals surface area contributed by atoms with E-state index in [-0.39, 0.29) is 0 Å². The molecule has 0 aliphatic rings. The van der Waals surface area contributed by atoms with E-state index in [0.29, 0.717) is 5.11 Å². The molecule has 0 unspecified atom stereocenters. The van der Waals surface area contributed by atoms with Crippen LogP contribution in [0, 0.1) is 13.8 Å². The number of hydrogen-bond acceptors (Lipinski definition) is 2. The Balaban J connectivity index is 2.44. The molecule has 3 N–H and O–H groups in total. The molecule has 0 spiro atoms. The molecule has 1 aromatic rings. The van der Waals surface area contributed by atoms with Crippen molar-refractivity contribution >= 4 is 23.0 Å². The van der Waals surface area contributed by atoms with E-state index in [1.807, 2.05) is 13.8 Å². The Labute approximate surface area is 95.8 Å². The fourth-order valence-electron chi connectivity index (χ4n) is 1.27. The molecule has 1 heterocycles. The molecule has 0 radical (unpaired) electrons. The first-order valence-electron chi connectivity index (χ1n) is 5.21. The van der Waals surface area contributed by atoms with Crippen LogP contribution in [-0.2, 0) is 0 Å². The number of nitrogens with zero attached hydrogens (tertiary/aromatic N) is 1. The van der Waals surface area contributed by atoms with Crippen LogP contribution in [-0.4, -0.2) is 21.9 Å². The van der Waals surface area contributed by atoms with Crippen LogP contribution in [0.5, 0.6) is 0 Å². The second kappa shape index (κ2) is 5.70. The number of thiocarbonyl (C=S) groups is 1. The van der Waals surface area contributed by atoms with Gasteiger partial charge in [0.15, 0.2) is 5.11 Å². The van der Waals surface area contributed by atoms with Gasteiger partial charge in [-0.2, -0.15) is 5.10 Å². The number of aryl methyl sites for hydroxylation is 2. The highest BCUT2D eigenvalue weighted by atomic mass is 32.1. The number of rotatable bonds is 4. The van der Waals surface area contributed by atoms with Crippen molar-refractivity contribution < 1.29 is 0 Å². The lowest BCUT2D eigenvalue weighted by Crippen LogP contribution is -2.29. The predicted octanol–water partition coefficient (Wildman–Crippen LogP) is 2.11. The lowest BCUT2D eigenvalue weighted by Gasteiger charge is -2.09. The Kier molecular flexibility index (Phi) is 4.55. The quantitative estimate of drug-likeness (QED) is 0.544. The molecular weight excluding hydrogens is 208 g/mol. The third-order valence-corrected chi connectivity index (χ3v) is 2.43. The van der Waals surface area contributed by atoms with Gasteiger partial charge in [0.25, 0.3) is 0 Å². The first kappa shape index (κ1) is 12.0. The topological polar surface area (TPSA) is 52.7 Å². The van der Waals surface area contributed by atoms with Crippen LogP contribution in [0.1, 0.15) is 31.2 Å². The molecule has 0 aliphatic heterocycles. The first-order valence-corrected chi connectivity index (χ1v) is 5.62. The molecule has 0 saturated heterocycles. The number of H-pyrrole nitrogens is 1. The summed E-state index contributed by atoms with van der Waals surface area (Å²) in [7, 11) is 0. The Bertz CT molecular complexity index is 313. The maximum absolute atomic E-state index is 5.17. The lowest BCUT2D eigenvalue weighted by atomic mass is 10.3. The summed E-state index contributed by atoms with van der Waals surface area (Å²) >= 11 is 5.17. The van der Waals surface area contributed by atoms with E-state index in [0.717, 1.165) is 30.0 Å². The highest BCUT2D eigenvalue weighted by molar-refractivity contribution is 7.80. The molecule has 0 saturated carbocycles. The molecule has 0 atom stereocenters. The van der Waals surface area contributed by atoms with Gasteiger partial charge in [-0.25, -0.2) is 0 Å². The summed E-state index contributed by atoms with van der Waals surface area (Å²) in [4.78, 5) is 0. The van der Waals surface area contributed by atoms with Gasteiger partial charge in [-0.05, 0) is 32.5 Å². The molecule has 0 aromatic carbocycles. The van der Waals surface area contributed by atoms with Crippen molar-refractivity contribution in [3.05, 3.63) is 11.4 Å². The maximum atomic E-state index is 5.17. The number of nitrogens with one attached hydrogen (secondary N) is 3. The van der Waals surface area contributed by atoms with Crippen LogP contribution in [0.25, 0.3) is 0 Å². The minimum atomic E-state index is 0.663. The fraction of sp³-hybridized carbons (Fsp3) is 0.600. The first-order chi connectivity index (χ1) is 7.15. The Morgan fingerprint density at radius 3 is 2.73 bits per heavy atom. The van der Waals surface area contributed by atoms with Crippen molar-refractivity contribution in [1.82, 2.24) is 15.5 Å². The summed E-state index contributed by atoms with van der Waals surface area (Å²) < 4.78 is 0. The van der Waals surface area contributed by atoms with Crippen LogP contribution >= 0.6 is 12.2 Å². The van der Waals surface area contributed by atoms with E-state index in [4.69, 9.17) is 12.2 Å². The van der Waals surface area contributed by atoms with E-state index in [2.05, 4.69) is 27.8 Å². The van der Waals surface area contributed by atoms with Gasteiger partial charge in [0.1, 0.15) is 0 Å². The molecule has 0 fully saturated rings. The largest absolute Gasteiger partial charge is 0.362 e. The third-order valence-electron chi connectivity index (χ3n) is 2.18. The Morgan fingerprint density at radius 2 is 2.20 bits per heavy atom. The van der Waals surface area contributed by atoms with E-state index >= 15 is 0 Å². The highest BCUT2D eigenvalue weighted by Gasteiger charge is 2.06. The number of unbranched alkanes of at least 4 members (excludes halogenated alkanes) is 1. The van der Waals surface area contributed by atoms with Gasteiger partial charge in [-0.1, -0.05) is 13.3 Å². The molecular formula is C10H18N4S.